The summed E-state index contributed by atoms with van der Waals surface area (Å²) in [5, 5.41) is 9.96. The molecule has 0 saturated carbocycles. The number of hydrogen-bond donors (Lipinski definition) is 2. The van der Waals surface area contributed by atoms with E-state index in [2.05, 4.69) is 46.4 Å². The third kappa shape index (κ3) is 3.77. The lowest BCUT2D eigenvalue weighted by atomic mass is 10.0. The van der Waals surface area contributed by atoms with Gasteiger partial charge in [0.2, 0.25) is 0 Å². The number of aromatic amines is 1. The van der Waals surface area contributed by atoms with Crippen LogP contribution in [0.2, 0.25) is 0 Å². The lowest BCUT2D eigenvalue weighted by Gasteiger charge is -2.16. The molecule has 4 atom stereocenters. The number of ether oxygens (including phenoxy) is 3. The fourth-order valence-corrected chi connectivity index (χ4v) is 4.74. The van der Waals surface area contributed by atoms with Crippen LogP contribution in [0.15, 0.2) is 71.7 Å². The first-order valence-corrected chi connectivity index (χ1v) is 11.4. The van der Waals surface area contributed by atoms with Gasteiger partial charge in [0.05, 0.1) is 29.9 Å². The van der Waals surface area contributed by atoms with Crippen molar-refractivity contribution in [3.8, 4) is 28.3 Å². The Kier molecular flexibility index (Phi) is 5.37. The van der Waals surface area contributed by atoms with Crippen LogP contribution in [0.4, 0.5) is 0 Å². The van der Waals surface area contributed by atoms with Gasteiger partial charge in [0.15, 0.2) is 12.0 Å². The molecule has 2 aliphatic rings. The summed E-state index contributed by atoms with van der Waals surface area (Å²) in [6, 6.07) is 22.6. The zero-order chi connectivity index (χ0) is 23.1. The van der Waals surface area contributed by atoms with Gasteiger partial charge in [-0.1, -0.05) is 54.6 Å². The molecule has 0 unspecified atom stereocenters. The number of pyridine rings is 1. The quantitative estimate of drug-likeness (QED) is 0.446. The van der Waals surface area contributed by atoms with Gasteiger partial charge in [0.1, 0.15) is 18.3 Å². The van der Waals surface area contributed by atoms with E-state index >= 15 is 0 Å². The summed E-state index contributed by atoms with van der Waals surface area (Å²) in [7, 11) is 1.75. The number of nitrogens with zero attached hydrogens (tertiary/aromatic N) is 2. The van der Waals surface area contributed by atoms with Gasteiger partial charge in [-0.3, -0.25) is 4.99 Å². The predicted molar refractivity (Wildman–Crippen MR) is 130 cm³/mol. The average Bonchev–Trinajstić information content (AvgIpc) is 3.56. The van der Waals surface area contributed by atoms with E-state index in [9.17, 15) is 5.11 Å². The summed E-state index contributed by atoms with van der Waals surface area (Å²) in [6.45, 7) is 0.650. The van der Waals surface area contributed by atoms with Gasteiger partial charge >= 0.3 is 0 Å². The van der Waals surface area contributed by atoms with Crippen molar-refractivity contribution in [1.82, 2.24) is 9.97 Å². The van der Waals surface area contributed by atoms with Crippen molar-refractivity contribution >= 4 is 17.2 Å². The monoisotopic (exact) mass is 455 g/mol. The molecule has 0 radical (unpaired) electrons. The Balaban J connectivity index is 1.31. The second-order valence-corrected chi connectivity index (χ2v) is 8.64. The fraction of sp³-hybridized carbons (Fsp3) is 0.259. The molecule has 34 heavy (non-hydrogen) atoms. The summed E-state index contributed by atoms with van der Waals surface area (Å²) in [4.78, 5) is 12.5. The number of fused-ring (bicyclic) bond motifs is 2. The summed E-state index contributed by atoms with van der Waals surface area (Å²) in [5.74, 6) is 0.595. The Bertz CT molecular complexity index is 1330. The number of aliphatic hydroxyl groups excluding tert-OH is 1. The zero-order valence-electron chi connectivity index (χ0n) is 18.7. The molecule has 172 valence electrons. The fourth-order valence-electron chi connectivity index (χ4n) is 4.74. The van der Waals surface area contributed by atoms with Gasteiger partial charge in [-0.25, -0.2) is 4.98 Å². The molecule has 0 amide bonds. The molecule has 7 nitrogen and oxygen atoms in total. The van der Waals surface area contributed by atoms with Gasteiger partial charge in [0.25, 0.3) is 0 Å². The first kappa shape index (κ1) is 21.0. The standard InChI is InChI=1S/C27H25N3O4/c1-28-13-19-11-20-21(12-24(29-20)34-23-15-33-26-22(31)14-32-27(23)26)30-25(19)18-9-7-17(8-10-18)16-5-3-2-4-6-16/h2-13,22-23,26-27,29,31H,14-15H2,1H3/t22-,23-,26-,27-/m1/s1. The second-order valence-electron chi connectivity index (χ2n) is 8.64. The number of rotatable bonds is 5. The molecule has 2 aromatic heterocycles. The van der Waals surface area contributed by atoms with Gasteiger partial charge in [-0.2, -0.15) is 0 Å². The van der Waals surface area contributed by atoms with Crippen LogP contribution in [-0.4, -0.2) is 66.0 Å². The van der Waals surface area contributed by atoms with E-state index in [1.165, 1.54) is 5.56 Å². The average molecular weight is 456 g/mol. The number of aromatic nitrogens is 2. The minimum absolute atomic E-state index is 0.268. The highest BCUT2D eigenvalue weighted by molar-refractivity contribution is 5.95. The van der Waals surface area contributed by atoms with Gasteiger partial charge < -0.3 is 24.3 Å². The Morgan fingerprint density at radius 3 is 2.50 bits per heavy atom. The van der Waals surface area contributed by atoms with Crippen molar-refractivity contribution < 1.29 is 19.3 Å². The highest BCUT2D eigenvalue weighted by atomic mass is 16.6. The maximum Gasteiger partial charge on any atom is 0.193 e. The van der Waals surface area contributed by atoms with E-state index in [1.807, 2.05) is 36.5 Å². The maximum atomic E-state index is 9.96. The van der Waals surface area contributed by atoms with Crippen LogP contribution >= 0.6 is 0 Å². The molecule has 7 heteroatoms. The number of H-pyrrole nitrogens is 1. The number of nitrogens with one attached hydrogen (secondary N) is 1. The predicted octanol–water partition coefficient (Wildman–Crippen LogP) is 3.85. The molecule has 2 aromatic carbocycles. The minimum Gasteiger partial charge on any atom is -0.470 e. The summed E-state index contributed by atoms with van der Waals surface area (Å²) in [5.41, 5.74) is 6.78. The smallest absolute Gasteiger partial charge is 0.193 e. The normalized spacial score (nSPS) is 24.2. The van der Waals surface area contributed by atoms with Crippen molar-refractivity contribution in [3.63, 3.8) is 0 Å². The van der Waals surface area contributed by atoms with E-state index in [0.717, 1.165) is 33.4 Å². The third-order valence-electron chi connectivity index (χ3n) is 6.40. The largest absolute Gasteiger partial charge is 0.470 e. The van der Waals surface area contributed by atoms with Crippen LogP contribution in [0.25, 0.3) is 33.4 Å². The summed E-state index contributed by atoms with van der Waals surface area (Å²) >= 11 is 0. The van der Waals surface area contributed by atoms with Crippen LogP contribution in [0, 0.1) is 0 Å². The number of benzene rings is 2. The Labute approximate surface area is 197 Å². The van der Waals surface area contributed by atoms with E-state index in [0.29, 0.717) is 12.5 Å². The van der Waals surface area contributed by atoms with Crippen LogP contribution in [0.5, 0.6) is 5.88 Å². The molecule has 2 fully saturated rings. The summed E-state index contributed by atoms with van der Waals surface area (Å²) in [6.07, 6.45) is 0.338. The Morgan fingerprint density at radius 1 is 0.971 bits per heavy atom. The number of aliphatic hydroxyl groups is 1. The van der Waals surface area contributed by atoms with Crippen molar-refractivity contribution in [2.75, 3.05) is 20.3 Å². The maximum absolute atomic E-state index is 9.96. The van der Waals surface area contributed by atoms with Gasteiger partial charge in [0, 0.05) is 30.5 Å². The Morgan fingerprint density at radius 2 is 1.71 bits per heavy atom. The molecular formula is C27H25N3O4. The second kappa shape index (κ2) is 8.68. The van der Waals surface area contributed by atoms with Crippen molar-refractivity contribution in [2.24, 2.45) is 4.99 Å². The van der Waals surface area contributed by atoms with E-state index in [1.54, 1.807) is 7.05 Å². The molecule has 0 aliphatic carbocycles. The topological polar surface area (TPSA) is 89.0 Å². The number of hydrogen-bond acceptors (Lipinski definition) is 6. The van der Waals surface area contributed by atoms with Crippen LogP contribution in [0.1, 0.15) is 5.56 Å². The molecule has 6 rings (SSSR count). The molecule has 2 saturated heterocycles. The summed E-state index contributed by atoms with van der Waals surface area (Å²) < 4.78 is 17.5. The van der Waals surface area contributed by atoms with Crippen molar-refractivity contribution in [2.45, 2.75) is 24.4 Å². The molecule has 2 aliphatic heterocycles. The third-order valence-corrected chi connectivity index (χ3v) is 6.40. The molecule has 0 spiro atoms. The first-order chi connectivity index (χ1) is 16.7. The SMILES string of the molecule is CN=Cc1cc2[nH]c(O[C@@H]3CO[C@H]4[C@@H]3OC[C@H]4O)cc2nc1-c1ccc(-c2ccccc2)cc1. The van der Waals surface area contributed by atoms with Crippen molar-refractivity contribution in [1.29, 1.82) is 0 Å². The number of aliphatic imine (C=N–C) groups is 1. The van der Waals surface area contributed by atoms with Crippen LogP contribution in [0.3, 0.4) is 0 Å². The van der Waals surface area contributed by atoms with Gasteiger partial charge in [-0.15, -0.1) is 0 Å². The highest BCUT2D eigenvalue weighted by Crippen LogP contribution is 2.32. The molecule has 4 aromatic rings. The molecule has 0 bridgehead atoms. The van der Waals surface area contributed by atoms with Crippen LogP contribution < -0.4 is 4.74 Å². The van der Waals surface area contributed by atoms with E-state index in [4.69, 9.17) is 19.2 Å². The highest BCUT2D eigenvalue weighted by Gasteiger charge is 2.48. The van der Waals surface area contributed by atoms with Gasteiger partial charge in [-0.05, 0) is 17.2 Å². The van der Waals surface area contributed by atoms with Crippen LogP contribution in [-0.2, 0) is 9.47 Å². The Hall–Kier alpha value is -3.52. The molecule has 2 N–H and O–H groups in total. The zero-order valence-corrected chi connectivity index (χ0v) is 18.7. The van der Waals surface area contributed by atoms with Crippen molar-refractivity contribution in [3.05, 3.63) is 72.3 Å². The minimum atomic E-state index is -0.602. The van der Waals surface area contributed by atoms with E-state index < -0.39 is 6.10 Å². The lowest BCUT2D eigenvalue weighted by molar-refractivity contribution is 0.00794. The first-order valence-electron chi connectivity index (χ1n) is 11.4. The molecular weight excluding hydrogens is 430 g/mol. The molecule has 4 heterocycles. The van der Waals surface area contributed by atoms with E-state index in [-0.39, 0.29) is 24.9 Å². The lowest BCUT2D eigenvalue weighted by Crippen LogP contribution is -2.34.